The fourth-order valence-electron chi connectivity index (χ4n) is 2.85. The average Bonchev–Trinajstić information content (AvgIpc) is 2.77. The Balaban J connectivity index is 1.63. The highest BCUT2D eigenvalue weighted by Crippen LogP contribution is 2.31. The van der Waals surface area contributed by atoms with Gasteiger partial charge in [-0.05, 0) is 48.2 Å². The molecule has 0 aliphatic carbocycles. The van der Waals surface area contributed by atoms with Gasteiger partial charge >= 0.3 is 0 Å². The molecule has 0 atom stereocenters. The molecule has 144 valence electrons. The summed E-state index contributed by atoms with van der Waals surface area (Å²) < 4.78 is 0. The molecule has 0 bridgehead atoms. The van der Waals surface area contributed by atoms with Crippen LogP contribution >= 0.6 is 11.8 Å². The molecule has 3 rings (SSSR count). The lowest BCUT2D eigenvalue weighted by Gasteiger charge is -2.07. The van der Waals surface area contributed by atoms with Crippen LogP contribution in [0.25, 0.3) is 6.08 Å². The molecule has 1 amide bonds. The summed E-state index contributed by atoms with van der Waals surface area (Å²) in [5, 5.41) is 12.3. The molecule has 0 unspecified atom stereocenters. The quantitative estimate of drug-likeness (QED) is 0.310. The number of nitrogens with one attached hydrogen (secondary N) is 1. The van der Waals surface area contributed by atoms with E-state index in [1.807, 2.05) is 78.9 Å². The number of carbonyl (C=O) groups is 1. The molecule has 0 aliphatic heterocycles. The van der Waals surface area contributed by atoms with E-state index in [0.717, 1.165) is 28.2 Å². The van der Waals surface area contributed by atoms with Crippen molar-refractivity contribution >= 4 is 23.7 Å². The minimum atomic E-state index is -0.333. The summed E-state index contributed by atoms with van der Waals surface area (Å²) in [4.78, 5) is 14.6. The summed E-state index contributed by atoms with van der Waals surface area (Å²) in [5.41, 5.74) is 2.22. The van der Waals surface area contributed by atoms with E-state index in [-0.39, 0.29) is 11.5 Å². The molecule has 0 radical (unpaired) electrons. The molecule has 3 aromatic rings. The van der Waals surface area contributed by atoms with Crippen LogP contribution in [0.3, 0.4) is 0 Å². The second kappa shape index (κ2) is 10.9. The number of aryl methyl sites for hydroxylation is 1. The lowest BCUT2D eigenvalue weighted by Crippen LogP contribution is -2.25. The van der Waals surface area contributed by atoms with Gasteiger partial charge in [0.15, 0.2) is 0 Å². The van der Waals surface area contributed by atoms with Gasteiger partial charge in [0.05, 0.1) is 0 Å². The van der Waals surface area contributed by atoms with Crippen LogP contribution in [0.4, 0.5) is 0 Å². The second-order valence-corrected chi connectivity index (χ2v) is 7.58. The fraction of sp³-hybridized carbons (Fsp3) is 0.120. The zero-order valence-electron chi connectivity index (χ0n) is 16.0. The van der Waals surface area contributed by atoms with Crippen molar-refractivity contribution in [3.05, 3.63) is 102 Å². The van der Waals surface area contributed by atoms with Gasteiger partial charge in [-0.3, -0.25) is 4.79 Å². The van der Waals surface area contributed by atoms with E-state index in [9.17, 15) is 10.1 Å². The Morgan fingerprint density at radius 2 is 1.59 bits per heavy atom. The van der Waals surface area contributed by atoms with Gasteiger partial charge in [-0.25, -0.2) is 0 Å². The molecule has 0 saturated heterocycles. The second-order valence-electron chi connectivity index (χ2n) is 6.47. The smallest absolute Gasteiger partial charge is 0.261 e. The molecule has 3 nitrogen and oxygen atoms in total. The zero-order valence-corrected chi connectivity index (χ0v) is 16.9. The lowest BCUT2D eigenvalue weighted by atomic mass is 10.1. The molecule has 3 aromatic carbocycles. The van der Waals surface area contributed by atoms with Gasteiger partial charge < -0.3 is 5.32 Å². The molecule has 0 saturated carbocycles. The minimum Gasteiger partial charge on any atom is -0.351 e. The van der Waals surface area contributed by atoms with Crippen LogP contribution in [-0.4, -0.2) is 12.5 Å². The number of nitriles is 1. The van der Waals surface area contributed by atoms with Gasteiger partial charge in [0.2, 0.25) is 0 Å². The van der Waals surface area contributed by atoms with Crippen LogP contribution in [0.1, 0.15) is 17.5 Å². The Kier molecular flexibility index (Phi) is 7.68. The first-order valence-electron chi connectivity index (χ1n) is 9.52. The van der Waals surface area contributed by atoms with Gasteiger partial charge in [0.1, 0.15) is 11.6 Å². The van der Waals surface area contributed by atoms with Crippen LogP contribution < -0.4 is 5.32 Å². The van der Waals surface area contributed by atoms with E-state index >= 15 is 0 Å². The summed E-state index contributed by atoms with van der Waals surface area (Å²) >= 11 is 1.61. The van der Waals surface area contributed by atoms with Crippen molar-refractivity contribution < 1.29 is 4.79 Å². The summed E-state index contributed by atoms with van der Waals surface area (Å²) in [6.07, 6.45) is 3.38. The topological polar surface area (TPSA) is 52.9 Å². The SMILES string of the molecule is N#C/C(=C\c1ccccc1Sc1ccccc1)C(=O)NCCCc1ccccc1. The van der Waals surface area contributed by atoms with Crippen molar-refractivity contribution in [1.82, 2.24) is 5.32 Å². The number of hydrogen-bond donors (Lipinski definition) is 1. The maximum absolute atomic E-state index is 12.5. The van der Waals surface area contributed by atoms with E-state index in [0.29, 0.717) is 6.54 Å². The van der Waals surface area contributed by atoms with Crippen molar-refractivity contribution in [2.24, 2.45) is 0 Å². The average molecular weight is 399 g/mol. The fourth-order valence-corrected chi connectivity index (χ4v) is 3.79. The molecule has 29 heavy (non-hydrogen) atoms. The predicted octanol–water partition coefficient (Wildman–Crippen LogP) is 5.49. The standard InChI is InChI=1S/C25H22N2OS/c26-19-22(25(28)27-17-9-12-20-10-3-1-4-11-20)18-21-13-7-8-16-24(21)29-23-14-5-2-6-15-23/h1-8,10-11,13-16,18H,9,12,17H2,(H,27,28)/b22-18+. The molecular weight excluding hydrogens is 376 g/mol. The van der Waals surface area contributed by atoms with Gasteiger partial charge in [-0.15, -0.1) is 0 Å². The Hall–Kier alpha value is -3.29. The third-order valence-electron chi connectivity index (χ3n) is 4.33. The number of amides is 1. The Morgan fingerprint density at radius 3 is 2.31 bits per heavy atom. The zero-order chi connectivity index (χ0) is 20.3. The normalized spacial score (nSPS) is 10.9. The van der Waals surface area contributed by atoms with Crippen LogP contribution in [0.15, 0.2) is 100 Å². The molecular formula is C25H22N2OS. The molecule has 4 heteroatoms. The highest BCUT2D eigenvalue weighted by atomic mass is 32.2. The van der Waals surface area contributed by atoms with Gasteiger partial charge in [0.25, 0.3) is 5.91 Å². The molecule has 0 fully saturated rings. The van der Waals surface area contributed by atoms with E-state index in [2.05, 4.69) is 17.4 Å². The minimum absolute atomic E-state index is 0.117. The summed E-state index contributed by atoms with van der Waals surface area (Å²) in [6, 6.07) is 30.0. The van der Waals surface area contributed by atoms with Crippen LogP contribution in [0.2, 0.25) is 0 Å². The maximum atomic E-state index is 12.5. The monoisotopic (exact) mass is 398 g/mol. The molecule has 0 heterocycles. The third kappa shape index (κ3) is 6.38. The number of benzene rings is 3. The molecule has 0 aromatic heterocycles. The van der Waals surface area contributed by atoms with Gasteiger partial charge in [-0.1, -0.05) is 78.5 Å². The summed E-state index contributed by atoms with van der Waals surface area (Å²) in [6.45, 7) is 0.535. The lowest BCUT2D eigenvalue weighted by molar-refractivity contribution is -0.117. The van der Waals surface area contributed by atoms with Crippen LogP contribution in [0.5, 0.6) is 0 Å². The van der Waals surface area contributed by atoms with Crippen molar-refractivity contribution in [3.8, 4) is 6.07 Å². The first kappa shape index (κ1) is 20.4. The largest absolute Gasteiger partial charge is 0.351 e. The van der Waals surface area contributed by atoms with E-state index in [1.165, 1.54) is 5.56 Å². The van der Waals surface area contributed by atoms with E-state index < -0.39 is 0 Å². The van der Waals surface area contributed by atoms with Crippen LogP contribution in [0, 0.1) is 11.3 Å². The maximum Gasteiger partial charge on any atom is 0.261 e. The first-order chi connectivity index (χ1) is 14.3. The van der Waals surface area contributed by atoms with Crippen molar-refractivity contribution in [2.45, 2.75) is 22.6 Å². The number of carbonyl (C=O) groups excluding carboxylic acids is 1. The van der Waals surface area contributed by atoms with Gasteiger partial charge in [-0.2, -0.15) is 5.26 Å². The number of rotatable bonds is 8. The molecule has 0 aliphatic rings. The Morgan fingerprint density at radius 1 is 0.931 bits per heavy atom. The Labute approximate surface area is 176 Å². The summed E-state index contributed by atoms with van der Waals surface area (Å²) in [7, 11) is 0. The Bertz CT molecular complexity index is 1010. The predicted molar refractivity (Wildman–Crippen MR) is 118 cm³/mol. The van der Waals surface area contributed by atoms with Crippen molar-refractivity contribution in [3.63, 3.8) is 0 Å². The summed E-state index contributed by atoms with van der Waals surface area (Å²) in [5.74, 6) is -0.333. The number of hydrogen-bond acceptors (Lipinski definition) is 3. The van der Waals surface area contributed by atoms with Crippen molar-refractivity contribution in [2.75, 3.05) is 6.54 Å². The highest BCUT2D eigenvalue weighted by Gasteiger charge is 2.10. The number of nitrogens with zero attached hydrogens (tertiary/aromatic N) is 1. The molecule has 1 N–H and O–H groups in total. The van der Waals surface area contributed by atoms with E-state index in [1.54, 1.807) is 17.8 Å². The molecule has 0 spiro atoms. The van der Waals surface area contributed by atoms with Crippen molar-refractivity contribution in [1.29, 1.82) is 5.26 Å². The van der Waals surface area contributed by atoms with Crippen LogP contribution in [-0.2, 0) is 11.2 Å². The van der Waals surface area contributed by atoms with Gasteiger partial charge in [0, 0.05) is 16.3 Å². The third-order valence-corrected chi connectivity index (χ3v) is 5.43. The first-order valence-corrected chi connectivity index (χ1v) is 10.3. The van der Waals surface area contributed by atoms with E-state index in [4.69, 9.17) is 0 Å². The highest BCUT2D eigenvalue weighted by molar-refractivity contribution is 7.99.